The molecule has 1 saturated carbocycles. The van der Waals surface area contributed by atoms with Gasteiger partial charge in [-0.15, -0.1) is 0 Å². The summed E-state index contributed by atoms with van der Waals surface area (Å²) < 4.78 is 0. The van der Waals surface area contributed by atoms with Crippen LogP contribution in [-0.2, 0) is 9.59 Å². The summed E-state index contributed by atoms with van der Waals surface area (Å²) in [5.74, 6) is -0.248. The van der Waals surface area contributed by atoms with Crippen LogP contribution in [0.4, 0.5) is 5.69 Å². The summed E-state index contributed by atoms with van der Waals surface area (Å²) in [5.41, 5.74) is 2.75. The Labute approximate surface area is 126 Å². The summed E-state index contributed by atoms with van der Waals surface area (Å²) >= 11 is 5.40. The van der Waals surface area contributed by atoms with Gasteiger partial charge in [0.2, 0.25) is 5.91 Å². The molecule has 2 amide bonds. The summed E-state index contributed by atoms with van der Waals surface area (Å²) in [4.78, 5) is 37.5. The molecule has 0 N–H and O–H groups in total. The molecule has 2 atom stereocenters. The van der Waals surface area contributed by atoms with Crippen molar-refractivity contribution >= 4 is 34.3 Å². The number of imide groups is 1. The van der Waals surface area contributed by atoms with Crippen molar-refractivity contribution in [1.29, 1.82) is 0 Å². The van der Waals surface area contributed by atoms with Crippen LogP contribution in [0.2, 0.25) is 0 Å². The normalized spacial score (nSPS) is 26.8. The third-order valence-corrected chi connectivity index (χ3v) is 4.98. The molecule has 0 aromatic heterocycles. The van der Waals surface area contributed by atoms with Gasteiger partial charge in [0.1, 0.15) is 0 Å². The Bertz CT molecular complexity index is 720. The van der Waals surface area contributed by atoms with Gasteiger partial charge in [-0.3, -0.25) is 14.4 Å². The number of benzene rings is 1. The molecule has 106 valence electrons. The summed E-state index contributed by atoms with van der Waals surface area (Å²) in [6, 6.07) is 6.26. The molecule has 5 heteroatoms. The van der Waals surface area contributed by atoms with E-state index in [1.54, 1.807) is 12.1 Å². The standard InChI is InChI=1S/C16H12ClNO3/c17-14(19)8-3-5-11(6-4-8)18-15(20)12-9-1-2-10(7-9)13(12)16(18)21/h3-6,9,12H,1-2,7H2. The quantitative estimate of drug-likeness (QED) is 0.623. The lowest BCUT2D eigenvalue weighted by Crippen LogP contribution is -2.32. The lowest BCUT2D eigenvalue weighted by molar-refractivity contribution is -0.123. The van der Waals surface area contributed by atoms with Crippen LogP contribution < -0.4 is 4.90 Å². The number of hydrogen-bond acceptors (Lipinski definition) is 3. The van der Waals surface area contributed by atoms with E-state index in [4.69, 9.17) is 11.6 Å². The van der Waals surface area contributed by atoms with E-state index in [2.05, 4.69) is 0 Å². The van der Waals surface area contributed by atoms with E-state index in [-0.39, 0.29) is 17.7 Å². The van der Waals surface area contributed by atoms with Crippen LogP contribution >= 0.6 is 11.6 Å². The average molecular weight is 302 g/mol. The summed E-state index contributed by atoms with van der Waals surface area (Å²) in [5, 5.41) is -0.555. The van der Waals surface area contributed by atoms with Gasteiger partial charge in [-0.2, -0.15) is 0 Å². The zero-order valence-corrected chi connectivity index (χ0v) is 11.9. The number of amides is 2. The number of rotatable bonds is 2. The fourth-order valence-electron chi connectivity index (χ4n) is 3.82. The van der Waals surface area contributed by atoms with E-state index < -0.39 is 5.24 Å². The number of hydrogen-bond donors (Lipinski definition) is 0. The van der Waals surface area contributed by atoms with E-state index in [0.717, 1.165) is 24.8 Å². The number of halogens is 1. The Kier molecular flexibility index (Phi) is 2.60. The molecule has 1 aliphatic heterocycles. The van der Waals surface area contributed by atoms with Crippen LogP contribution in [-0.4, -0.2) is 17.1 Å². The molecular formula is C16H12ClNO3. The molecule has 1 heterocycles. The maximum absolute atomic E-state index is 12.6. The number of fused-ring (bicyclic) bond motifs is 4. The second-order valence-corrected chi connectivity index (χ2v) is 6.14. The molecule has 2 unspecified atom stereocenters. The van der Waals surface area contributed by atoms with Crippen molar-refractivity contribution in [3.05, 3.63) is 41.0 Å². The lowest BCUT2D eigenvalue weighted by Gasteiger charge is -2.17. The number of anilines is 1. The van der Waals surface area contributed by atoms with Crippen molar-refractivity contribution in [2.45, 2.75) is 19.3 Å². The van der Waals surface area contributed by atoms with Gasteiger partial charge in [0, 0.05) is 11.1 Å². The molecule has 3 aliphatic rings. The van der Waals surface area contributed by atoms with Crippen LogP contribution in [0, 0.1) is 11.8 Å². The van der Waals surface area contributed by atoms with Crippen LogP contribution in [0.3, 0.4) is 0 Å². The van der Waals surface area contributed by atoms with E-state index in [9.17, 15) is 14.4 Å². The predicted molar refractivity (Wildman–Crippen MR) is 77.0 cm³/mol. The van der Waals surface area contributed by atoms with Crippen molar-refractivity contribution in [2.24, 2.45) is 11.8 Å². The van der Waals surface area contributed by atoms with Gasteiger partial charge in [-0.05, 0) is 61.0 Å². The third kappa shape index (κ3) is 1.65. The summed E-state index contributed by atoms with van der Waals surface area (Å²) in [7, 11) is 0. The summed E-state index contributed by atoms with van der Waals surface area (Å²) in [6.45, 7) is 0. The van der Waals surface area contributed by atoms with E-state index in [1.165, 1.54) is 22.6 Å². The van der Waals surface area contributed by atoms with Crippen molar-refractivity contribution in [2.75, 3.05) is 4.90 Å². The monoisotopic (exact) mass is 301 g/mol. The minimum absolute atomic E-state index is 0.125. The van der Waals surface area contributed by atoms with Gasteiger partial charge in [0.25, 0.3) is 11.1 Å². The van der Waals surface area contributed by atoms with Crippen LogP contribution in [0.25, 0.3) is 0 Å². The van der Waals surface area contributed by atoms with Gasteiger partial charge >= 0.3 is 0 Å². The van der Waals surface area contributed by atoms with Crippen LogP contribution in [0.15, 0.2) is 35.4 Å². The largest absolute Gasteiger partial charge is 0.276 e. The average Bonchev–Trinajstić information content (AvgIpc) is 3.13. The minimum atomic E-state index is -0.555. The second-order valence-electron chi connectivity index (χ2n) is 5.80. The number of carbonyl (C=O) groups is 3. The molecule has 1 aromatic rings. The Morgan fingerprint density at radius 1 is 1.19 bits per heavy atom. The van der Waals surface area contributed by atoms with E-state index in [1.807, 2.05) is 0 Å². The molecule has 0 radical (unpaired) electrons. The Hall–Kier alpha value is -1.94. The highest BCUT2D eigenvalue weighted by molar-refractivity contribution is 6.67. The van der Waals surface area contributed by atoms with Gasteiger partial charge in [-0.25, -0.2) is 4.90 Å². The first-order chi connectivity index (χ1) is 10.1. The molecule has 2 aliphatic carbocycles. The lowest BCUT2D eigenvalue weighted by atomic mass is 9.88. The summed E-state index contributed by atoms with van der Waals surface area (Å²) in [6.07, 6.45) is 2.87. The van der Waals surface area contributed by atoms with Crippen molar-refractivity contribution in [1.82, 2.24) is 0 Å². The topological polar surface area (TPSA) is 54.5 Å². The zero-order chi connectivity index (χ0) is 14.7. The third-order valence-electron chi connectivity index (χ3n) is 4.76. The Balaban J connectivity index is 1.74. The highest BCUT2D eigenvalue weighted by Crippen LogP contribution is 2.52. The number of carbonyl (C=O) groups excluding carboxylic acids is 3. The molecule has 1 saturated heterocycles. The Morgan fingerprint density at radius 2 is 1.90 bits per heavy atom. The van der Waals surface area contributed by atoms with Crippen molar-refractivity contribution < 1.29 is 14.4 Å². The SMILES string of the molecule is O=C(Cl)c1ccc(N2C(=O)C3=C4CCC(C4)C3C2=O)cc1. The molecule has 2 bridgehead atoms. The number of allylic oxidation sites excluding steroid dienone is 1. The maximum Gasteiger partial charge on any atom is 0.261 e. The molecule has 0 spiro atoms. The van der Waals surface area contributed by atoms with E-state index in [0.29, 0.717) is 17.2 Å². The highest BCUT2D eigenvalue weighted by atomic mass is 35.5. The van der Waals surface area contributed by atoms with Gasteiger partial charge in [0.15, 0.2) is 0 Å². The van der Waals surface area contributed by atoms with Crippen molar-refractivity contribution in [3.8, 4) is 0 Å². The molecule has 2 fully saturated rings. The zero-order valence-electron chi connectivity index (χ0n) is 11.1. The fourth-order valence-corrected chi connectivity index (χ4v) is 3.95. The number of nitrogens with zero attached hydrogens (tertiary/aromatic N) is 1. The molecule has 4 nitrogen and oxygen atoms in total. The van der Waals surface area contributed by atoms with Gasteiger partial charge in [-0.1, -0.05) is 5.57 Å². The first kappa shape index (κ1) is 12.8. The second kappa shape index (κ2) is 4.28. The van der Waals surface area contributed by atoms with Crippen molar-refractivity contribution in [3.63, 3.8) is 0 Å². The Morgan fingerprint density at radius 3 is 2.52 bits per heavy atom. The smallest absolute Gasteiger partial charge is 0.261 e. The highest BCUT2D eigenvalue weighted by Gasteiger charge is 2.54. The van der Waals surface area contributed by atoms with Gasteiger partial charge < -0.3 is 0 Å². The first-order valence-electron chi connectivity index (χ1n) is 6.98. The van der Waals surface area contributed by atoms with Crippen LogP contribution in [0.5, 0.6) is 0 Å². The maximum atomic E-state index is 12.6. The van der Waals surface area contributed by atoms with Crippen LogP contribution in [0.1, 0.15) is 29.6 Å². The molecule has 21 heavy (non-hydrogen) atoms. The minimum Gasteiger partial charge on any atom is -0.276 e. The van der Waals surface area contributed by atoms with Gasteiger partial charge in [0.05, 0.1) is 11.6 Å². The first-order valence-corrected chi connectivity index (χ1v) is 7.36. The molecule has 4 rings (SSSR count). The van der Waals surface area contributed by atoms with E-state index >= 15 is 0 Å². The predicted octanol–water partition coefficient (Wildman–Crippen LogP) is 2.67. The molecular weight excluding hydrogens is 290 g/mol. The molecule has 1 aromatic carbocycles. The fraction of sp³-hybridized carbons (Fsp3) is 0.312.